The van der Waals surface area contributed by atoms with Crippen molar-refractivity contribution in [2.75, 3.05) is 0 Å². The summed E-state index contributed by atoms with van der Waals surface area (Å²) in [6.45, 7) is 0. The zero-order valence-corrected chi connectivity index (χ0v) is 12.2. The van der Waals surface area contributed by atoms with Gasteiger partial charge in [0.2, 0.25) is 0 Å². The van der Waals surface area contributed by atoms with Gasteiger partial charge in [0.25, 0.3) is 0 Å². The first-order valence-electron chi connectivity index (χ1n) is 0. The summed E-state index contributed by atoms with van der Waals surface area (Å²) in [6, 6.07) is 0. The van der Waals surface area contributed by atoms with Crippen LogP contribution in [-0.4, -0.2) is 48.9 Å². The topological polar surface area (TPSA) is 28.5 Å². The summed E-state index contributed by atoms with van der Waals surface area (Å²) in [4.78, 5) is 0. The molecular formula is BaCrCuOZn+7. The van der Waals surface area contributed by atoms with E-state index in [1.54, 1.807) is 0 Å². The molecule has 20 valence electrons. The van der Waals surface area contributed by atoms with Crippen LogP contribution in [0.1, 0.15) is 0 Å². The SMILES string of the molecule is [Ba+2].[Cr+3].[Cu+2].[O-2].[Zn+2]. The molecule has 0 aromatic heterocycles. The molecule has 2 radical (unpaired) electrons. The van der Waals surface area contributed by atoms with E-state index >= 15 is 0 Å². The van der Waals surface area contributed by atoms with Crippen molar-refractivity contribution in [1.82, 2.24) is 0 Å². The fourth-order valence-corrected chi connectivity index (χ4v) is 0. The van der Waals surface area contributed by atoms with E-state index in [4.69, 9.17) is 0 Å². The maximum atomic E-state index is 0. The predicted octanol–water partition coefficient (Wildman–Crippen LogP) is -0.507. The van der Waals surface area contributed by atoms with Crippen molar-refractivity contribution in [2.24, 2.45) is 0 Å². The van der Waals surface area contributed by atoms with Crippen molar-refractivity contribution in [3.8, 4) is 0 Å². The van der Waals surface area contributed by atoms with Crippen molar-refractivity contribution in [3.63, 3.8) is 0 Å². The number of rotatable bonds is 0. The van der Waals surface area contributed by atoms with Crippen molar-refractivity contribution < 1.29 is 59.4 Å². The Labute approximate surface area is 106 Å². The molecule has 0 aliphatic heterocycles. The van der Waals surface area contributed by atoms with Gasteiger partial charge in [-0.1, -0.05) is 0 Å². The Bertz CT molecular complexity index is 11.6. The largest absolute Gasteiger partial charge is 3.00 e. The van der Waals surface area contributed by atoms with Crippen molar-refractivity contribution in [2.45, 2.75) is 0 Å². The summed E-state index contributed by atoms with van der Waals surface area (Å²) in [5.74, 6) is 0. The van der Waals surface area contributed by atoms with Crippen LogP contribution in [0.25, 0.3) is 0 Å². The molecule has 5 heteroatoms. The maximum Gasteiger partial charge on any atom is 3.00 e. The Balaban J connectivity index is 0. The molecule has 0 saturated heterocycles. The molecule has 0 unspecified atom stereocenters. The fourth-order valence-electron chi connectivity index (χ4n) is 0. The van der Waals surface area contributed by atoms with E-state index in [0.717, 1.165) is 0 Å². The van der Waals surface area contributed by atoms with Gasteiger partial charge in [-0.05, 0) is 0 Å². The summed E-state index contributed by atoms with van der Waals surface area (Å²) in [6.07, 6.45) is 0. The zero-order valence-electron chi connectivity index (χ0n) is 2.53. The molecule has 0 amide bonds. The fraction of sp³-hybridized carbons (Fsp3) is 0. The Morgan fingerprint density at radius 1 is 1.00 bits per heavy atom. The molecule has 0 heterocycles. The van der Waals surface area contributed by atoms with Gasteiger partial charge in [0.15, 0.2) is 0 Å². The Morgan fingerprint density at radius 2 is 1.00 bits per heavy atom. The van der Waals surface area contributed by atoms with E-state index in [9.17, 15) is 0 Å². The molecule has 5 heavy (non-hydrogen) atoms. The second-order valence-corrected chi connectivity index (χ2v) is 0. The van der Waals surface area contributed by atoms with Crippen LogP contribution in [0.3, 0.4) is 0 Å². The van der Waals surface area contributed by atoms with Crippen molar-refractivity contribution in [3.05, 3.63) is 0 Å². The Hall–Kier alpha value is 3.21. The van der Waals surface area contributed by atoms with Crippen LogP contribution >= 0.6 is 0 Å². The van der Waals surface area contributed by atoms with Crippen LogP contribution in [0.4, 0.5) is 0 Å². The first-order chi connectivity index (χ1) is 0. The van der Waals surface area contributed by atoms with Gasteiger partial charge in [-0.2, -0.15) is 0 Å². The average molecular weight is 334 g/mol. The van der Waals surface area contributed by atoms with Gasteiger partial charge in [0.05, 0.1) is 0 Å². The summed E-state index contributed by atoms with van der Waals surface area (Å²) >= 11 is 0. The van der Waals surface area contributed by atoms with E-state index in [0.29, 0.717) is 0 Å². The van der Waals surface area contributed by atoms with Gasteiger partial charge >= 0.3 is 103 Å². The minimum absolute atomic E-state index is 0. The molecule has 1 nitrogen and oxygen atoms in total. The summed E-state index contributed by atoms with van der Waals surface area (Å²) in [5, 5.41) is 0. The molecule has 0 aromatic carbocycles. The van der Waals surface area contributed by atoms with Gasteiger partial charge < -0.3 is 5.48 Å². The zero-order chi connectivity index (χ0) is 0. The van der Waals surface area contributed by atoms with Gasteiger partial charge in [0, 0.05) is 0 Å². The van der Waals surface area contributed by atoms with E-state index in [-0.39, 0.29) is 108 Å². The third kappa shape index (κ3) is 19.0. The molecule has 0 saturated carbocycles. The summed E-state index contributed by atoms with van der Waals surface area (Å²) < 4.78 is 0. The molecule has 0 N–H and O–H groups in total. The normalized spacial score (nSPS) is 0. The second kappa shape index (κ2) is 27.0. The van der Waals surface area contributed by atoms with E-state index in [1.807, 2.05) is 0 Å². The Morgan fingerprint density at radius 3 is 1.00 bits per heavy atom. The van der Waals surface area contributed by atoms with E-state index in [2.05, 4.69) is 0 Å². The molecule has 0 fully saturated rings. The molecule has 0 rings (SSSR count). The predicted molar refractivity (Wildman–Crippen MR) is 6.44 cm³/mol. The molecular weight excluding hydrogens is 334 g/mol. The van der Waals surface area contributed by atoms with Crippen molar-refractivity contribution >= 4 is 48.9 Å². The third-order valence-corrected chi connectivity index (χ3v) is 0. The molecule has 0 bridgehead atoms. The van der Waals surface area contributed by atoms with E-state index in [1.165, 1.54) is 0 Å². The van der Waals surface area contributed by atoms with Crippen molar-refractivity contribution in [1.29, 1.82) is 0 Å². The minimum Gasteiger partial charge on any atom is -2.00 e. The first kappa shape index (κ1) is 41.4. The Kier molecular flexibility index (Phi) is 224. The van der Waals surface area contributed by atoms with Crippen LogP contribution in [0, 0.1) is 0 Å². The van der Waals surface area contributed by atoms with Crippen LogP contribution in [0.5, 0.6) is 0 Å². The van der Waals surface area contributed by atoms with Gasteiger partial charge in [0.1, 0.15) is 0 Å². The smallest absolute Gasteiger partial charge is 2.00 e. The van der Waals surface area contributed by atoms with Gasteiger partial charge in [-0.25, -0.2) is 0 Å². The summed E-state index contributed by atoms with van der Waals surface area (Å²) in [5.41, 5.74) is 0. The molecule has 0 atom stereocenters. The minimum atomic E-state index is 0. The maximum absolute atomic E-state index is 0. The van der Waals surface area contributed by atoms with Crippen LogP contribution in [-0.2, 0) is 59.4 Å². The third-order valence-electron chi connectivity index (χ3n) is 0. The van der Waals surface area contributed by atoms with Gasteiger partial charge in [-0.3, -0.25) is 0 Å². The van der Waals surface area contributed by atoms with Crippen LogP contribution in [0.2, 0.25) is 0 Å². The molecule has 0 spiro atoms. The molecule has 0 aromatic rings. The summed E-state index contributed by atoms with van der Waals surface area (Å²) in [7, 11) is 0. The average Bonchev–Trinajstić information content (AvgIpc) is 0. The monoisotopic (exact) mass is 333 g/mol. The van der Waals surface area contributed by atoms with Crippen LogP contribution in [0.15, 0.2) is 0 Å². The first-order valence-corrected chi connectivity index (χ1v) is 0. The van der Waals surface area contributed by atoms with Crippen LogP contribution < -0.4 is 0 Å². The second-order valence-electron chi connectivity index (χ2n) is 0. The van der Waals surface area contributed by atoms with E-state index < -0.39 is 0 Å². The molecule has 0 aliphatic rings. The molecule has 0 aliphatic carbocycles. The number of hydrogen-bond acceptors (Lipinski definition) is 0. The quantitative estimate of drug-likeness (QED) is 0.534. The standard InChI is InChI=1S/Ba.Cr.Cu.O.Zn/q+2;+3;+2;-2;+2. The van der Waals surface area contributed by atoms with Gasteiger partial charge in [-0.15, -0.1) is 0 Å². The number of hydrogen-bond donors (Lipinski definition) is 0.